The summed E-state index contributed by atoms with van der Waals surface area (Å²) in [5, 5.41) is 15.2. The molecule has 0 fully saturated rings. The monoisotopic (exact) mass is 384 g/mol. The molecule has 21 heavy (non-hydrogen) atoms. The number of hydrogen-bond donors (Lipinski definition) is 2. The number of carbonyl (C=O) groups is 1. The van der Waals surface area contributed by atoms with Gasteiger partial charge in [0.1, 0.15) is 5.01 Å². The number of amides is 1. The molecule has 110 valence electrons. The Morgan fingerprint density at radius 3 is 2.52 bits per heavy atom. The molecule has 0 aliphatic rings. The summed E-state index contributed by atoms with van der Waals surface area (Å²) in [5.74, 6) is 0.0394. The van der Waals surface area contributed by atoms with E-state index in [0.717, 1.165) is 9.48 Å². The van der Waals surface area contributed by atoms with Crippen LogP contribution in [-0.4, -0.2) is 21.2 Å². The maximum atomic E-state index is 12.0. The molecular formula is C13H13BrN4OS2. The summed E-state index contributed by atoms with van der Waals surface area (Å²) in [6, 6.07) is 7.02. The molecule has 0 spiro atoms. The summed E-state index contributed by atoms with van der Waals surface area (Å²) in [5.41, 5.74) is 0.530. The second kappa shape index (κ2) is 7.06. The van der Waals surface area contributed by atoms with Gasteiger partial charge in [0, 0.05) is 16.0 Å². The van der Waals surface area contributed by atoms with Crippen molar-refractivity contribution in [2.24, 2.45) is 0 Å². The zero-order valence-corrected chi connectivity index (χ0v) is 14.6. The maximum Gasteiger partial charge on any atom is 0.257 e. The van der Waals surface area contributed by atoms with Crippen molar-refractivity contribution < 1.29 is 4.79 Å². The number of benzene rings is 1. The highest BCUT2D eigenvalue weighted by atomic mass is 79.9. The second-order valence-corrected chi connectivity index (χ2v) is 6.85. The molecule has 5 nitrogen and oxygen atoms in total. The Kier molecular flexibility index (Phi) is 5.38. The second-order valence-electron chi connectivity index (χ2n) is 4.52. The van der Waals surface area contributed by atoms with Crippen LogP contribution >= 0.6 is 39.5 Å². The van der Waals surface area contributed by atoms with Crippen molar-refractivity contribution in [3.63, 3.8) is 0 Å². The summed E-state index contributed by atoms with van der Waals surface area (Å²) in [6.07, 6.45) is 0. The molecule has 0 unspecified atom stereocenters. The van der Waals surface area contributed by atoms with Crippen LogP contribution in [0.3, 0.4) is 0 Å². The smallest absolute Gasteiger partial charge is 0.257 e. The van der Waals surface area contributed by atoms with Crippen LogP contribution in [0.1, 0.15) is 35.1 Å². The van der Waals surface area contributed by atoms with Crippen LogP contribution in [0.5, 0.6) is 0 Å². The first-order chi connectivity index (χ1) is 9.95. The summed E-state index contributed by atoms with van der Waals surface area (Å²) >= 11 is 9.84. The molecule has 0 radical (unpaired) electrons. The summed E-state index contributed by atoms with van der Waals surface area (Å²) in [4.78, 5) is 12.0. The Bertz CT molecular complexity index is 654. The van der Waals surface area contributed by atoms with E-state index in [1.54, 1.807) is 24.3 Å². The van der Waals surface area contributed by atoms with Crippen molar-refractivity contribution in [3.05, 3.63) is 39.3 Å². The number of rotatable bonds is 3. The molecule has 2 rings (SSSR count). The van der Waals surface area contributed by atoms with E-state index in [1.165, 1.54) is 11.3 Å². The average molecular weight is 385 g/mol. The van der Waals surface area contributed by atoms with Crippen molar-refractivity contribution in [2.75, 3.05) is 5.32 Å². The van der Waals surface area contributed by atoms with E-state index in [2.05, 4.69) is 36.8 Å². The third-order valence-corrected chi connectivity index (χ3v) is 4.36. The van der Waals surface area contributed by atoms with Crippen molar-refractivity contribution >= 4 is 55.6 Å². The van der Waals surface area contributed by atoms with E-state index in [0.29, 0.717) is 16.6 Å². The zero-order valence-electron chi connectivity index (χ0n) is 11.4. The first-order valence-electron chi connectivity index (χ1n) is 6.17. The van der Waals surface area contributed by atoms with Crippen LogP contribution in [0.25, 0.3) is 0 Å². The minimum Gasteiger partial charge on any atom is -0.307 e. The number of anilines is 1. The summed E-state index contributed by atoms with van der Waals surface area (Å²) < 4.78 is 0.912. The fourth-order valence-corrected chi connectivity index (χ4v) is 2.69. The third kappa shape index (κ3) is 4.55. The first kappa shape index (κ1) is 16.0. The molecule has 0 bridgehead atoms. The maximum absolute atomic E-state index is 12.0. The molecule has 1 amide bonds. The number of aromatic nitrogens is 2. The van der Waals surface area contributed by atoms with Gasteiger partial charge >= 0.3 is 0 Å². The van der Waals surface area contributed by atoms with Gasteiger partial charge in [-0.3, -0.25) is 10.1 Å². The molecule has 2 aromatic rings. The van der Waals surface area contributed by atoms with E-state index >= 15 is 0 Å². The van der Waals surface area contributed by atoms with Crippen LogP contribution in [0.15, 0.2) is 28.7 Å². The number of nitrogens with zero attached hydrogens (tertiary/aromatic N) is 2. The molecule has 2 N–H and O–H groups in total. The van der Waals surface area contributed by atoms with Crippen LogP contribution in [-0.2, 0) is 0 Å². The van der Waals surface area contributed by atoms with Gasteiger partial charge in [0.2, 0.25) is 5.13 Å². The Morgan fingerprint density at radius 2 is 1.95 bits per heavy atom. The minimum atomic E-state index is -0.270. The normalized spacial score (nSPS) is 10.5. The molecule has 0 atom stereocenters. The van der Waals surface area contributed by atoms with Gasteiger partial charge in [-0.05, 0) is 36.5 Å². The number of nitrogens with one attached hydrogen (secondary N) is 2. The minimum absolute atomic E-state index is 0.203. The van der Waals surface area contributed by atoms with Crippen LogP contribution in [0.2, 0.25) is 0 Å². The van der Waals surface area contributed by atoms with Gasteiger partial charge in [0.15, 0.2) is 5.11 Å². The lowest BCUT2D eigenvalue weighted by molar-refractivity contribution is 0.0977. The average Bonchev–Trinajstić information content (AvgIpc) is 2.87. The summed E-state index contributed by atoms with van der Waals surface area (Å²) in [6.45, 7) is 4.08. The van der Waals surface area contributed by atoms with Crippen LogP contribution in [0, 0.1) is 0 Å². The predicted molar refractivity (Wildman–Crippen MR) is 91.8 cm³/mol. The predicted octanol–water partition coefficient (Wildman–Crippen LogP) is 3.55. The number of thiocarbonyl (C=S) groups is 1. The third-order valence-electron chi connectivity index (χ3n) is 2.49. The Hall–Kier alpha value is -1.38. The SMILES string of the molecule is CC(C)c1nnc(NC(=S)NC(=O)c2ccc(Br)cc2)s1. The molecule has 1 heterocycles. The highest BCUT2D eigenvalue weighted by molar-refractivity contribution is 9.10. The Balaban J connectivity index is 1.94. The van der Waals surface area contributed by atoms with Crippen molar-refractivity contribution in [2.45, 2.75) is 19.8 Å². The van der Waals surface area contributed by atoms with Crippen molar-refractivity contribution in [1.29, 1.82) is 0 Å². The van der Waals surface area contributed by atoms with Gasteiger partial charge in [-0.25, -0.2) is 0 Å². The van der Waals surface area contributed by atoms with Crippen molar-refractivity contribution in [3.8, 4) is 0 Å². The fraction of sp³-hybridized carbons (Fsp3) is 0.231. The topological polar surface area (TPSA) is 66.9 Å². The molecule has 0 aliphatic heterocycles. The van der Waals surface area contributed by atoms with E-state index in [-0.39, 0.29) is 11.0 Å². The Labute approximate surface area is 140 Å². The number of halogens is 1. The van der Waals surface area contributed by atoms with Crippen LogP contribution < -0.4 is 10.6 Å². The van der Waals surface area contributed by atoms with Gasteiger partial charge in [-0.1, -0.05) is 41.1 Å². The lowest BCUT2D eigenvalue weighted by Crippen LogP contribution is -2.34. The highest BCUT2D eigenvalue weighted by Gasteiger charge is 2.11. The first-order valence-corrected chi connectivity index (χ1v) is 8.19. The Morgan fingerprint density at radius 1 is 1.29 bits per heavy atom. The van der Waals surface area contributed by atoms with Crippen LogP contribution in [0.4, 0.5) is 5.13 Å². The molecule has 0 saturated heterocycles. The van der Waals surface area contributed by atoms with Crippen molar-refractivity contribution in [1.82, 2.24) is 15.5 Å². The molecule has 1 aromatic heterocycles. The van der Waals surface area contributed by atoms with E-state index in [1.807, 2.05) is 13.8 Å². The lowest BCUT2D eigenvalue weighted by Gasteiger charge is -2.06. The van der Waals surface area contributed by atoms with E-state index < -0.39 is 0 Å². The van der Waals surface area contributed by atoms with Gasteiger partial charge in [0.25, 0.3) is 5.91 Å². The lowest BCUT2D eigenvalue weighted by atomic mass is 10.2. The highest BCUT2D eigenvalue weighted by Crippen LogP contribution is 2.22. The van der Waals surface area contributed by atoms with E-state index in [4.69, 9.17) is 12.2 Å². The molecular weight excluding hydrogens is 372 g/mol. The molecule has 0 aliphatic carbocycles. The number of hydrogen-bond acceptors (Lipinski definition) is 5. The van der Waals surface area contributed by atoms with Gasteiger partial charge in [-0.15, -0.1) is 10.2 Å². The molecule has 1 aromatic carbocycles. The largest absolute Gasteiger partial charge is 0.307 e. The standard InChI is InChI=1S/C13H13BrN4OS2/c1-7(2)11-17-18-13(21-11)16-12(20)15-10(19)8-3-5-9(14)6-4-8/h3-7H,1-2H3,(H2,15,16,18,19,20). The van der Waals surface area contributed by atoms with Gasteiger partial charge in [-0.2, -0.15) is 0 Å². The van der Waals surface area contributed by atoms with E-state index in [9.17, 15) is 4.79 Å². The van der Waals surface area contributed by atoms with Gasteiger partial charge in [0.05, 0.1) is 0 Å². The fourth-order valence-electron chi connectivity index (χ4n) is 1.42. The quantitative estimate of drug-likeness (QED) is 0.791. The number of carbonyl (C=O) groups excluding carboxylic acids is 1. The molecule has 0 saturated carbocycles. The zero-order chi connectivity index (χ0) is 15.4. The summed E-state index contributed by atoms with van der Waals surface area (Å²) in [7, 11) is 0. The molecule has 8 heteroatoms. The van der Waals surface area contributed by atoms with Gasteiger partial charge < -0.3 is 5.32 Å².